The molecule has 8 nitrogen and oxygen atoms in total. The fourth-order valence-corrected chi connectivity index (χ4v) is 7.31. The first-order valence-electron chi connectivity index (χ1n) is 14.8. The highest BCUT2D eigenvalue weighted by molar-refractivity contribution is 8.01. The summed E-state index contributed by atoms with van der Waals surface area (Å²) in [4.78, 5) is 16.6. The molecular formula is C35H34N4O4S2. The third-order valence-electron chi connectivity index (χ3n) is 7.80. The van der Waals surface area contributed by atoms with Crippen LogP contribution in [0.4, 0.5) is 0 Å². The predicted molar refractivity (Wildman–Crippen MR) is 176 cm³/mol. The zero-order chi connectivity index (χ0) is 31.2. The molecule has 1 aliphatic heterocycles. The number of amides is 1. The fraction of sp³-hybridized carbons (Fsp3) is 0.257. The summed E-state index contributed by atoms with van der Waals surface area (Å²) in [6.45, 7) is 4.52. The first-order valence-corrected chi connectivity index (χ1v) is 16.6. The lowest BCUT2D eigenvalue weighted by Gasteiger charge is -2.41. The molecule has 1 saturated heterocycles. The highest BCUT2D eigenvalue weighted by Gasteiger charge is 2.38. The Kier molecular flexibility index (Phi) is 9.97. The Bertz CT molecular complexity index is 1730. The molecule has 45 heavy (non-hydrogen) atoms. The summed E-state index contributed by atoms with van der Waals surface area (Å²) in [6.07, 6.45) is 2.33. The maximum Gasteiger partial charge on any atom is 0.253 e. The summed E-state index contributed by atoms with van der Waals surface area (Å²) in [6, 6.07) is 27.8. The van der Waals surface area contributed by atoms with Gasteiger partial charge in [0.25, 0.3) is 5.91 Å². The van der Waals surface area contributed by atoms with E-state index < -0.39 is 6.29 Å². The molecular weight excluding hydrogens is 605 g/mol. The molecule has 6 rings (SSSR count). The normalized spacial score (nSPS) is 19.7. The summed E-state index contributed by atoms with van der Waals surface area (Å²) < 4.78 is 14.3. The van der Waals surface area contributed by atoms with Crippen molar-refractivity contribution in [3.8, 4) is 11.1 Å². The van der Waals surface area contributed by atoms with Crippen LogP contribution in [0.15, 0.2) is 102 Å². The average molecular weight is 639 g/mol. The van der Waals surface area contributed by atoms with E-state index in [9.17, 15) is 9.90 Å². The van der Waals surface area contributed by atoms with Gasteiger partial charge in [0.05, 0.1) is 24.4 Å². The number of aromatic nitrogens is 3. The van der Waals surface area contributed by atoms with Gasteiger partial charge in [-0.05, 0) is 59.0 Å². The Balaban J connectivity index is 1.22. The molecule has 1 amide bonds. The number of carbonyl (C=O) groups excluding carboxylic acids is 1. The lowest BCUT2D eigenvalue weighted by atomic mass is 9.91. The number of hydrogen-bond donors (Lipinski definition) is 2. The second kappa shape index (κ2) is 14.4. The van der Waals surface area contributed by atoms with Gasteiger partial charge in [-0.25, -0.2) is 0 Å². The van der Waals surface area contributed by atoms with Crippen molar-refractivity contribution in [2.45, 2.75) is 49.8 Å². The van der Waals surface area contributed by atoms with Crippen LogP contribution >= 0.6 is 23.1 Å². The van der Waals surface area contributed by atoms with E-state index in [1.165, 1.54) is 0 Å². The Morgan fingerprint density at radius 2 is 1.73 bits per heavy atom. The number of benzene rings is 3. The standard InChI is InChI=1S/C35H34N4O4S2/c1-22-31(21-44-35-39-38-23(2)45-35)42-34(43-32(22)26-13-11-24(20-40)12-14-26)29-9-4-8-28(17-29)27-7-3-6-25(16-27)18-37-33(41)30-10-5-15-36-19-30/h3-17,19,22,31-32,34,40H,18,20-21H2,1-2H3,(H,37,41)/t22-,31+,32+,34+/m1/s1. The first-order chi connectivity index (χ1) is 22.0. The number of hydrogen-bond acceptors (Lipinski definition) is 9. The van der Waals surface area contributed by atoms with Gasteiger partial charge in [0, 0.05) is 36.2 Å². The van der Waals surface area contributed by atoms with E-state index in [4.69, 9.17) is 9.47 Å². The predicted octanol–water partition coefficient (Wildman–Crippen LogP) is 6.91. The van der Waals surface area contributed by atoms with Gasteiger partial charge in [0.15, 0.2) is 10.6 Å². The van der Waals surface area contributed by atoms with Crippen LogP contribution in [0.3, 0.4) is 0 Å². The number of thioether (sulfide) groups is 1. The van der Waals surface area contributed by atoms with Crippen molar-refractivity contribution < 1.29 is 19.4 Å². The molecule has 2 aromatic heterocycles. The lowest BCUT2D eigenvalue weighted by Crippen LogP contribution is -2.38. The number of aliphatic hydroxyl groups is 1. The topological polar surface area (TPSA) is 106 Å². The fourth-order valence-electron chi connectivity index (χ4n) is 5.31. The number of ether oxygens (including phenoxy) is 2. The number of aliphatic hydroxyl groups excluding tert-OH is 1. The third kappa shape index (κ3) is 7.66. The van der Waals surface area contributed by atoms with Crippen LogP contribution in [-0.2, 0) is 22.6 Å². The van der Waals surface area contributed by atoms with E-state index in [-0.39, 0.29) is 30.6 Å². The van der Waals surface area contributed by atoms with Crippen molar-refractivity contribution >= 4 is 29.0 Å². The van der Waals surface area contributed by atoms with E-state index in [0.29, 0.717) is 17.9 Å². The van der Waals surface area contributed by atoms with E-state index >= 15 is 0 Å². The summed E-state index contributed by atoms with van der Waals surface area (Å²) in [5.41, 5.74) is 6.41. The molecule has 2 N–H and O–H groups in total. The van der Waals surface area contributed by atoms with E-state index in [2.05, 4.69) is 51.7 Å². The quantitative estimate of drug-likeness (QED) is 0.159. The molecule has 0 bridgehead atoms. The molecule has 5 aromatic rings. The minimum atomic E-state index is -0.577. The summed E-state index contributed by atoms with van der Waals surface area (Å²) in [7, 11) is 0. The molecule has 10 heteroatoms. The van der Waals surface area contributed by atoms with Crippen molar-refractivity contribution in [3.05, 3.63) is 130 Å². The highest BCUT2D eigenvalue weighted by atomic mass is 32.2. The summed E-state index contributed by atoms with van der Waals surface area (Å²) in [5, 5.41) is 21.9. The van der Waals surface area contributed by atoms with Crippen LogP contribution in [0, 0.1) is 12.8 Å². The van der Waals surface area contributed by atoms with Gasteiger partial charge in [0.2, 0.25) is 0 Å². The van der Waals surface area contributed by atoms with Crippen molar-refractivity contribution in [1.29, 1.82) is 0 Å². The van der Waals surface area contributed by atoms with E-state index in [1.807, 2.05) is 55.5 Å². The third-order valence-corrected chi connectivity index (χ3v) is 9.86. The Hall–Kier alpha value is -3.93. The molecule has 230 valence electrons. The van der Waals surface area contributed by atoms with Crippen LogP contribution in [-0.4, -0.2) is 38.1 Å². The van der Waals surface area contributed by atoms with Gasteiger partial charge in [-0.2, -0.15) is 0 Å². The minimum absolute atomic E-state index is 0.00149. The van der Waals surface area contributed by atoms with Gasteiger partial charge in [-0.15, -0.1) is 10.2 Å². The molecule has 0 unspecified atom stereocenters. The minimum Gasteiger partial charge on any atom is -0.392 e. The van der Waals surface area contributed by atoms with E-state index in [1.54, 1.807) is 47.6 Å². The second-order valence-corrected chi connectivity index (χ2v) is 13.4. The SMILES string of the molecule is Cc1nnc(SC[C@@H]2O[C@H](c3cccc(-c4cccc(CNC(=O)c5cccnc5)c4)c3)O[C@H](c3ccc(CO)cc3)[C@@H]2C)s1. The Labute approximate surface area is 270 Å². The van der Waals surface area contributed by atoms with Crippen LogP contribution in [0.2, 0.25) is 0 Å². The van der Waals surface area contributed by atoms with Gasteiger partial charge in [0.1, 0.15) is 5.01 Å². The van der Waals surface area contributed by atoms with Crippen LogP contribution in [0.25, 0.3) is 11.1 Å². The van der Waals surface area contributed by atoms with Crippen LogP contribution in [0.5, 0.6) is 0 Å². The maximum absolute atomic E-state index is 12.5. The molecule has 4 atom stereocenters. The smallest absolute Gasteiger partial charge is 0.253 e. The molecule has 3 aromatic carbocycles. The second-order valence-electron chi connectivity index (χ2n) is 11.0. The van der Waals surface area contributed by atoms with Gasteiger partial charge in [-0.3, -0.25) is 9.78 Å². The first kappa shape index (κ1) is 31.1. The molecule has 0 aliphatic carbocycles. The van der Waals surface area contributed by atoms with E-state index in [0.717, 1.165) is 42.7 Å². The monoisotopic (exact) mass is 638 g/mol. The Morgan fingerprint density at radius 3 is 2.47 bits per heavy atom. The number of nitrogens with zero attached hydrogens (tertiary/aromatic N) is 3. The summed E-state index contributed by atoms with van der Waals surface area (Å²) in [5.74, 6) is 0.628. The molecule has 0 spiro atoms. The number of pyridine rings is 1. The number of nitrogens with one attached hydrogen (secondary N) is 1. The summed E-state index contributed by atoms with van der Waals surface area (Å²) >= 11 is 3.24. The molecule has 0 saturated carbocycles. The number of rotatable bonds is 10. The van der Waals surface area contributed by atoms with Gasteiger partial charge < -0.3 is 19.9 Å². The average Bonchev–Trinajstić information content (AvgIpc) is 3.52. The molecule has 1 aliphatic rings. The maximum atomic E-state index is 12.5. The van der Waals surface area contributed by atoms with Gasteiger partial charge in [-0.1, -0.05) is 90.7 Å². The lowest BCUT2D eigenvalue weighted by molar-refractivity contribution is -0.268. The van der Waals surface area contributed by atoms with Crippen molar-refractivity contribution in [3.63, 3.8) is 0 Å². The largest absolute Gasteiger partial charge is 0.392 e. The van der Waals surface area contributed by atoms with Crippen molar-refractivity contribution in [2.75, 3.05) is 5.75 Å². The number of carbonyl (C=O) groups is 1. The van der Waals surface area contributed by atoms with Crippen LogP contribution in [0.1, 0.15) is 56.9 Å². The van der Waals surface area contributed by atoms with Gasteiger partial charge >= 0.3 is 0 Å². The molecule has 1 fully saturated rings. The molecule has 3 heterocycles. The van der Waals surface area contributed by atoms with Crippen LogP contribution < -0.4 is 5.32 Å². The highest BCUT2D eigenvalue weighted by Crippen LogP contribution is 2.43. The zero-order valence-electron chi connectivity index (χ0n) is 25.0. The van der Waals surface area contributed by atoms with Crippen molar-refractivity contribution in [2.24, 2.45) is 5.92 Å². The van der Waals surface area contributed by atoms with Crippen molar-refractivity contribution in [1.82, 2.24) is 20.5 Å². The molecule has 0 radical (unpaired) electrons. The Morgan fingerprint density at radius 1 is 0.933 bits per heavy atom. The zero-order valence-corrected chi connectivity index (χ0v) is 26.6. The number of aryl methyl sites for hydroxylation is 1.